The van der Waals surface area contributed by atoms with E-state index in [2.05, 4.69) is 9.88 Å². The molecule has 1 aromatic heterocycles. The molecule has 1 fully saturated rings. The van der Waals surface area contributed by atoms with Crippen LogP contribution in [0.25, 0.3) is 0 Å². The quantitative estimate of drug-likeness (QED) is 0.651. The van der Waals surface area contributed by atoms with Crippen LogP contribution in [0.3, 0.4) is 0 Å². The predicted octanol–water partition coefficient (Wildman–Crippen LogP) is 1.02. The molecule has 0 aromatic carbocycles. The van der Waals surface area contributed by atoms with Crippen molar-refractivity contribution in [1.82, 2.24) is 9.88 Å². The zero-order chi connectivity index (χ0) is 11.1. The molecule has 2 aliphatic heterocycles. The fraction of sp³-hybridized carbons (Fsp3) is 0.500. The van der Waals surface area contributed by atoms with E-state index < -0.39 is 0 Å². The summed E-state index contributed by atoms with van der Waals surface area (Å²) in [5.41, 5.74) is 2.35. The molecule has 1 saturated heterocycles. The highest BCUT2D eigenvalue weighted by molar-refractivity contribution is 5.87. The molecule has 3 heterocycles. The second kappa shape index (κ2) is 3.47. The number of likely N-dealkylation sites (N-methyl/N-ethyl adjacent to an activating group) is 1. The van der Waals surface area contributed by atoms with E-state index >= 15 is 0 Å². The van der Waals surface area contributed by atoms with Crippen LogP contribution in [0.15, 0.2) is 18.5 Å². The van der Waals surface area contributed by atoms with Gasteiger partial charge in [-0.15, -0.1) is 0 Å². The topological polar surface area (TPSA) is 36.4 Å². The summed E-state index contributed by atoms with van der Waals surface area (Å²) in [5.74, 6) is 0.244. The summed E-state index contributed by atoms with van der Waals surface area (Å²) in [4.78, 5) is 20.4. The van der Waals surface area contributed by atoms with Gasteiger partial charge in [-0.2, -0.15) is 0 Å². The maximum Gasteiger partial charge on any atom is 0.245 e. The van der Waals surface area contributed by atoms with Crippen LogP contribution in [0, 0.1) is 0 Å². The summed E-state index contributed by atoms with van der Waals surface area (Å²) in [5, 5.41) is 0. The number of aromatic nitrogens is 1. The summed E-state index contributed by atoms with van der Waals surface area (Å²) < 4.78 is 0. The molecule has 2 aliphatic rings. The van der Waals surface area contributed by atoms with Gasteiger partial charge in [0.1, 0.15) is 6.04 Å². The minimum atomic E-state index is 0.0375. The lowest BCUT2D eigenvalue weighted by molar-refractivity contribution is -0.131. The summed E-state index contributed by atoms with van der Waals surface area (Å²) in [7, 11) is 1.88. The first-order valence-electron chi connectivity index (χ1n) is 5.72. The van der Waals surface area contributed by atoms with Crippen LogP contribution in [-0.2, 0) is 11.3 Å². The SMILES string of the molecule is CN1Cc2ccncc2N2CCC[C@H]2C1=O. The number of hydrogen-bond acceptors (Lipinski definition) is 3. The van der Waals surface area contributed by atoms with Gasteiger partial charge >= 0.3 is 0 Å². The van der Waals surface area contributed by atoms with Crippen molar-refractivity contribution in [3.05, 3.63) is 24.0 Å². The van der Waals surface area contributed by atoms with Crippen LogP contribution in [0.5, 0.6) is 0 Å². The molecular weight excluding hydrogens is 202 g/mol. The van der Waals surface area contributed by atoms with E-state index in [1.807, 2.05) is 24.2 Å². The summed E-state index contributed by atoms with van der Waals surface area (Å²) in [6.45, 7) is 1.67. The van der Waals surface area contributed by atoms with Gasteiger partial charge in [-0.25, -0.2) is 0 Å². The highest BCUT2D eigenvalue weighted by Gasteiger charge is 2.36. The third kappa shape index (κ3) is 1.29. The van der Waals surface area contributed by atoms with E-state index in [1.54, 1.807) is 6.20 Å². The van der Waals surface area contributed by atoms with Crippen molar-refractivity contribution in [2.45, 2.75) is 25.4 Å². The van der Waals surface area contributed by atoms with Gasteiger partial charge in [-0.05, 0) is 24.5 Å². The van der Waals surface area contributed by atoms with Crippen LogP contribution in [0.4, 0.5) is 5.69 Å². The van der Waals surface area contributed by atoms with Crippen molar-refractivity contribution in [1.29, 1.82) is 0 Å². The number of anilines is 1. The van der Waals surface area contributed by atoms with Gasteiger partial charge in [0.15, 0.2) is 0 Å². The van der Waals surface area contributed by atoms with Gasteiger partial charge in [0.25, 0.3) is 0 Å². The standard InChI is InChI=1S/C12H15N3O/c1-14-8-9-4-5-13-7-11(9)15-6-2-3-10(15)12(14)16/h4-5,7,10H,2-3,6,8H2,1H3/t10-/m0/s1. The number of fused-ring (bicyclic) bond motifs is 3. The Morgan fingerprint density at radius 2 is 2.38 bits per heavy atom. The number of carbonyl (C=O) groups is 1. The number of hydrogen-bond donors (Lipinski definition) is 0. The molecule has 4 nitrogen and oxygen atoms in total. The molecule has 0 bridgehead atoms. The first-order chi connectivity index (χ1) is 7.77. The van der Waals surface area contributed by atoms with Crippen molar-refractivity contribution < 1.29 is 4.79 Å². The van der Waals surface area contributed by atoms with E-state index in [9.17, 15) is 4.79 Å². The number of rotatable bonds is 0. The number of pyridine rings is 1. The first-order valence-corrected chi connectivity index (χ1v) is 5.72. The highest BCUT2D eigenvalue weighted by Crippen LogP contribution is 2.32. The van der Waals surface area contributed by atoms with Gasteiger partial charge in [0, 0.05) is 26.3 Å². The molecule has 0 radical (unpaired) electrons. The molecule has 0 N–H and O–H groups in total. The molecule has 1 aromatic rings. The van der Waals surface area contributed by atoms with Gasteiger partial charge < -0.3 is 9.80 Å². The Morgan fingerprint density at radius 1 is 1.50 bits per heavy atom. The molecule has 16 heavy (non-hydrogen) atoms. The third-order valence-electron chi connectivity index (χ3n) is 3.52. The average Bonchev–Trinajstić information content (AvgIpc) is 2.74. The molecule has 84 valence electrons. The Bertz CT molecular complexity index is 432. The van der Waals surface area contributed by atoms with E-state index in [0.717, 1.165) is 25.1 Å². The summed E-state index contributed by atoms with van der Waals surface area (Å²) >= 11 is 0. The second-order valence-electron chi connectivity index (χ2n) is 4.55. The Hall–Kier alpha value is -1.58. The second-order valence-corrected chi connectivity index (χ2v) is 4.55. The number of amides is 1. The van der Waals surface area contributed by atoms with Gasteiger partial charge in [-0.3, -0.25) is 9.78 Å². The van der Waals surface area contributed by atoms with E-state index in [-0.39, 0.29) is 11.9 Å². The zero-order valence-electron chi connectivity index (χ0n) is 9.39. The summed E-state index contributed by atoms with van der Waals surface area (Å²) in [6.07, 6.45) is 5.75. The fourth-order valence-corrected chi connectivity index (χ4v) is 2.71. The normalized spacial score (nSPS) is 24.1. The maximum atomic E-state index is 12.2. The third-order valence-corrected chi connectivity index (χ3v) is 3.52. The van der Waals surface area contributed by atoms with E-state index in [4.69, 9.17) is 0 Å². The van der Waals surface area contributed by atoms with E-state index in [0.29, 0.717) is 6.54 Å². The van der Waals surface area contributed by atoms with Crippen LogP contribution in [-0.4, -0.2) is 35.4 Å². The molecule has 0 spiro atoms. The molecule has 1 amide bonds. The smallest absolute Gasteiger partial charge is 0.245 e. The Balaban J connectivity index is 2.10. The predicted molar refractivity (Wildman–Crippen MR) is 61.1 cm³/mol. The molecule has 1 atom stereocenters. The van der Waals surface area contributed by atoms with Gasteiger partial charge in [-0.1, -0.05) is 0 Å². The Labute approximate surface area is 94.9 Å². The molecule has 0 saturated carbocycles. The Kier molecular flexibility index (Phi) is 2.09. The number of carbonyl (C=O) groups excluding carboxylic acids is 1. The van der Waals surface area contributed by atoms with Crippen molar-refractivity contribution in [2.24, 2.45) is 0 Å². The monoisotopic (exact) mass is 217 g/mol. The zero-order valence-corrected chi connectivity index (χ0v) is 9.39. The van der Waals surface area contributed by atoms with Crippen LogP contribution >= 0.6 is 0 Å². The highest BCUT2D eigenvalue weighted by atomic mass is 16.2. The fourth-order valence-electron chi connectivity index (χ4n) is 2.71. The molecular formula is C12H15N3O. The molecule has 0 unspecified atom stereocenters. The van der Waals surface area contributed by atoms with Crippen molar-refractivity contribution in [3.8, 4) is 0 Å². The van der Waals surface area contributed by atoms with E-state index in [1.165, 1.54) is 5.56 Å². The minimum Gasteiger partial charge on any atom is -0.358 e. The lowest BCUT2D eigenvalue weighted by Gasteiger charge is -2.24. The lowest BCUT2D eigenvalue weighted by Crippen LogP contribution is -2.41. The molecule has 4 heteroatoms. The molecule has 0 aliphatic carbocycles. The van der Waals surface area contributed by atoms with Crippen LogP contribution < -0.4 is 4.90 Å². The van der Waals surface area contributed by atoms with Crippen molar-refractivity contribution in [2.75, 3.05) is 18.5 Å². The van der Waals surface area contributed by atoms with Crippen molar-refractivity contribution >= 4 is 11.6 Å². The summed E-state index contributed by atoms with van der Waals surface area (Å²) in [6, 6.07) is 2.05. The van der Waals surface area contributed by atoms with Crippen LogP contribution in [0.2, 0.25) is 0 Å². The Morgan fingerprint density at radius 3 is 3.25 bits per heavy atom. The van der Waals surface area contributed by atoms with Crippen LogP contribution in [0.1, 0.15) is 18.4 Å². The van der Waals surface area contributed by atoms with Crippen molar-refractivity contribution in [3.63, 3.8) is 0 Å². The average molecular weight is 217 g/mol. The van der Waals surface area contributed by atoms with Gasteiger partial charge in [0.2, 0.25) is 5.91 Å². The maximum absolute atomic E-state index is 12.2. The largest absolute Gasteiger partial charge is 0.358 e. The minimum absolute atomic E-state index is 0.0375. The van der Waals surface area contributed by atoms with Gasteiger partial charge in [0.05, 0.1) is 11.9 Å². The molecule has 3 rings (SSSR count). The first kappa shape index (κ1) is 9.63. The number of nitrogens with zero attached hydrogens (tertiary/aromatic N) is 3. The lowest BCUT2D eigenvalue weighted by atomic mass is 10.2.